The lowest BCUT2D eigenvalue weighted by Crippen LogP contribution is -2.57. The zero-order valence-electron chi connectivity index (χ0n) is 21.5. The van der Waals surface area contributed by atoms with Gasteiger partial charge in [0.1, 0.15) is 0 Å². The molecule has 9 heteroatoms. The molecule has 1 aromatic rings. The molecule has 1 rings (SSSR count). The van der Waals surface area contributed by atoms with Crippen molar-refractivity contribution in [1.29, 1.82) is 0 Å². The molecule has 0 saturated carbocycles. The molecule has 3 amide bonds. The van der Waals surface area contributed by atoms with Crippen LogP contribution in [-0.2, 0) is 19.2 Å². The fraction of sp³-hybridized carbons (Fsp3) is 0.538. The summed E-state index contributed by atoms with van der Waals surface area (Å²) in [5, 5.41) is 12.3. The van der Waals surface area contributed by atoms with Crippen molar-refractivity contribution in [1.82, 2.24) is 16.2 Å². The SMILES string of the molecule is CC(=O)N[C@@H](C)C(=O)C(/C=C/c1ccccc1)(CC(C)C)[C@@H](C(=O)NO)[C@@H](CC(C)C)C(=O)NN. The molecule has 0 spiro atoms. The number of hydrogen-bond acceptors (Lipinski definition) is 6. The van der Waals surface area contributed by atoms with Crippen molar-refractivity contribution >= 4 is 29.6 Å². The predicted molar refractivity (Wildman–Crippen MR) is 134 cm³/mol. The Morgan fingerprint density at radius 3 is 2.06 bits per heavy atom. The first-order chi connectivity index (χ1) is 16.4. The van der Waals surface area contributed by atoms with E-state index in [9.17, 15) is 24.4 Å². The number of ketones is 1. The van der Waals surface area contributed by atoms with E-state index in [1.54, 1.807) is 24.6 Å². The molecule has 0 aromatic heterocycles. The van der Waals surface area contributed by atoms with Crippen molar-refractivity contribution in [2.24, 2.45) is 34.9 Å². The van der Waals surface area contributed by atoms with Crippen molar-refractivity contribution in [3.63, 3.8) is 0 Å². The van der Waals surface area contributed by atoms with Crippen molar-refractivity contribution < 1.29 is 24.4 Å². The summed E-state index contributed by atoms with van der Waals surface area (Å²) in [6.45, 7) is 10.4. The van der Waals surface area contributed by atoms with E-state index in [0.29, 0.717) is 0 Å². The smallest absolute Gasteiger partial charge is 0.248 e. The van der Waals surface area contributed by atoms with Gasteiger partial charge < -0.3 is 5.32 Å². The van der Waals surface area contributed by atoms with Crippen LogP contribution in [0, 0.1) is 29.1 Å². The standard InChI is InChI=1S/C26H40N4O5/c1-16(2)14-21(24(33)29-27)22(25(34)30-35)26(15-17(3)4,23(32)18(5)28-19(6)31)13-12-20-10-8-7-9-11-20/h7-13,16-18,21-22,35H,14-15,27H2,1-6H3,(H,28,31)(H,29,33)(H,30,34)/b13-12+/t18-,21+,22+,26?/m0/s1. The van der Waals surface area contributed by atoms with Crippen LogP contribution in [0.5, 0.6) is 0 Å². The lowest BCUT2D eigenvalue weighted by atomic mass is 9.60. The number of hydrogen-bond donors (Lipinski definition) is 5. The highest BCUT2D eigenvalue weighted by Crippen LogP contribution is 2.45. The number of Topliss-reactive ketones (excluding diaryl/α,β-unsaturated/α-hetero) is 1. The fourth-order valence-electron chi connectivity index (χ4n) is 4.75. The Morgan fingerprint density at radius 1 is 1.00 bits per heavy atom. The molecule has 1 aromatic carbocycles. The molecule has 1 unspecified atom stereocenters. The van der Waals surface area contributed by atoms with Gasteiger partial charge in [-0.1, -0.05) is 70.2 Å². The van der Waals surface area contributed by atoms with Crippen LogP contribution >= 0.6 is 0 Å². The van der Waals surface area contributed by atoms with Crippen molar-refractivity contribution in [3.05, 3.63) is 42.0 Å². The number of hydrazine groups is 1. The van der Waals surface area contributed by atoms with Gasteiger partial charge in [0.05, 0.1) is 23.3 Å². The molecule has 0 heterocycles. The van der Waals surface area contributed by atoms with Gasteiger partial charge in [0.25, 0.3) is 0 Å². The third-order valence-corrected chi connectivity index (χ3v) is 5.94. The van der Waals surface area contributed by atoms with E-state index < -0.39 is 46.8 Å². The molecule has 4 atom stereocenters. The summed E-state index contributed by atoms with van der Waals surface area (Å²) in [5.41, 5.74) is 3.03. The van der Waals surface area contributed by atoms with Gasteiger partial charge in [-0.3, -0.25) is 29.8 Å². The van der Waals surface area contributed by atoms with Crippen molar-refractivity contribution in [2.45, 2.75) is 60.4 Å². The van der Waals surface area contributed by atoms with Crippen LogP contribution in [-0.4, -0.2) is 34.8 Å². The van der Waals surface area contributed by atoms with Crippen LogP contribution in [0.3, 0.4) is 0 Å². The normalized spacial score (nSPS) is 15.8. The predicted octanol–water partition coefficient (Wildman–Crippen LogP) is 2.60. The summed E-state index contributed by atoms with van der Waals surface area (Å²) in [5.74, 6) is 0.708. The third kappa shape index (κ3) is 8.29. The number of amides is 3. The maximum Gasteiger partial charge on any atom is 0.248 e. The summed E-state index contributed by atoms with van der Waals surface area (Å²) in [4.78, 5) is 52.2. The maximum absolute atomic E-state index is 14.1. The number of carbonyl (C=O) groups excluding carboxylic acids is 4. The molecule has 9 nitrogen and oxygen atoms in total. The van der Waals surface area contributed by atoms with Gasteiger partial charge in [-0.05, 0) is 37.2 Å². The molecule has 0 aliphatic heterocycles. The third-order valence-electron chi connectivity index (χ3n) is 5.94. The van der Waals surface area contributed by atoms with E-state index in [2.05, 4.69) is 10.7 Å². The first-order valence-electron chi connectivity index (χ1n) is 11.9. The molecule has 194 valence electrons. The van der Waals surface area contributed by atoms with Gasteiger partial charge in [-0.2, -0.15) is 0 Å². The number of nitrogens with two attached hydrogens (primary N) is 1. The highest BCUT2D eigenvalue weighted by Gasteiger charge is 2.53. The summed E-state index contributed by atoms with van der Waals surface area (Å²) >= 11 is 0. The minimum atomic E-state index is -1.55. The Hall–Kier alpha value is -3.04. The largest absolute Gasteiger partial charge is 0.347 e. The van der Waals surface area contributed by atoms with Crippen LogP contribution in [0.1, 0.15) is 59.9 Å². The van der Waals surface area contributed by atoms with Crippen LogP contribution in [0.2, 0.25) is 0 Å². The second-order valence-corrected chi connectivity index (χ2v) is 9.87. The second kappa shape index (κ2) is 13.7. The average Bonchev–Trinajstić information content (AvgIpc) is 2.80. The highest BCUT2D eigenvalue weighted by molar-refractivity contribution is 6.00. The lowest BCUT2D eigenvalue weighted by Gasteiger charge is -2.42. The Bertz CT molecular complexity index is 900. The van der Waals surface area contributed by atoms with E-state index in [0.717, 1.165) is 5.56 Å². The Balaban J connectivity index is 3.97. The topological polar surface area (TPSA) is 151 Å². The zero-order valence-corrected chi connectivity index (χ0v) is 21.5. The first-order valence-corrected chi connectivity index (χ1v) is 11.9. The summed E-state index contributed by atoms with van der Waals surface area (Å²) in [6.07, 6.45) is 3.79. The van der Waals surface area contributed by atoms with Crippen LogP contribution in [0.4, 0.5) is 0 Å². The summed E-state index contributed by atoms with van der Waals surface area (Å²) in [6, 6.07) is 8.27. The zero-order chi connectivity index (χ0) is 26.8. The second-order valence-electron chi connectivity index (χ2n) is 9.87. The quantitative estimate of drug-likeness (QED) is 0.125. The van der Waals surface area contributed by atoms with Gasteiger partial charge >= 0.3 is 0 Å². The number of rotatable bonds is 13. The average molecular weight is 489 g/mol. The Labute approximate surface area is 207 Å². The van der Waals surface area contributed by atoms with Gasteiger partial charge in [0, 0.05) is 6.92 Å². The highest BCUT2D eigenvalue weighted by atomic mass is 16.5. The van der Waals surface area contributed by atoms with Crippen LogP contribution < -0.4 is 22.1 Å². The Morgan fingerprint density at radius 2 is 1.60 bits per heavy atom. The van der Waals surface area contributed by atoms with Gasteiger partial charge in [-0.25, -0.2) is 11.3 Å². The molecule has 6 N–H and O–H groups in total. The lowest BCUT2D eigenvalue weighted by molar-refractivity contribution is -0.152. The molecule has 0 saturated heterocycles. The van der Waals surface area contributed by atoms with Gasteiger partial charge in [0.2, 0.25) is 17.7 Å². The molecule has 0 bridgehead atoms. The number of carbonyl (C=O) groups is 4. The summed E-state index contributed by atoms with van der Waals surface area (Å²) < 4.78 is 0. The molecule has 0 radical (unpaired) electrons. The molecular weight excluding hydrogens is 448 g/mol. The van der Waals surface area contributed by atoms with E-state index in [1.165, 1.54) is 6.92 Å². The molecule has 0 aliphatic carbocycles. The number of hydroxylamine groups is 1. The molecule has 0 aliphatic rings. The first kappa shape index (κ1) is 30.0. The van der Waals surface area contributed by atoms with Gasteiger partial charge in [-0.15, -0.1) is 0 Å². The minimum Gasteiger partial charge on any atom is -0.347 e. The Kier molecular flexibility index (Phi) is 11.8. The van der Waals surface area contributed by atoms with Crippen LogP contribution in [0.15, 0.2) is 36.4 Å². The van der Waals surface area contributed by atoms with Gasteiger partial charge in [0.15, 0.2) is 5.78 Å². The number of nitrogens with one attached hydrogen (secondary N) is 3. The van der Waals surface area contributed by atoms with E-state index >= 15 is 0 Å². The minimum absolute atomic E-state index is 0.0241. The molecule has 0 fully saturated rings. The van der Waals surface area contributed by atoms with Crippen LogP contribution in [0.25, 0.3) is 6.08 Å². The van der Waals surface area contributed by atoms with E-state index in [1.807, 2.05) is 58.0 Å². The van der Waals surface area contributed by atoms with Crippen molar-refractivity contribution in [3.8, 4) is 0 Å². The maximum atomic E-state index is 14.1. The summed E-state index contributed by atoms with van der Waals surface area (Å²) in [7, 11) is 0. The van der Waals surface area contributed by atoms with Crippen molar-refractivity contribution in [2.75, 3.05) is 0 Å². The van der Waals surface area contributed by atoms with E-state index in [-0.39, 0.29) is 24.7 Å². The number of benzene rings is 1. The monoisotopic (exact) mass is 488 g/mol. The number of allylic oxidation sites excluding steroid dienone is 1. The van der Waals surface area contributed by atoms with E-state index in [4.69, 9.17) is 5.84 Å². The molecular formula is C26H40N4O5. The fourth-order valence-corrected chi connectivity index (χ4v) is 4.75. The molecule has 35 heavy (non-hydrogen) atoms.